The summed E-state index contributed by atoms with van der Waals surface area (Å²) in [5.74, 6) is 2.07. The van der Waals surface area contributed by atoms with E-state index in [1.54, 1.807) is 4.68 Å². The van der Waals surface area contributed by atoms with E-state index >= 15 is 0 Å². The van der Waals surface area contributed by atoms with Crippen molar-refractivity contribution >= 4 is 0 Å². The highest BCUT2D eigenvalue weighted by atomic mass is 16.5. The lowest BCUT2D eigenvalue weighted by Crippen LogP contribution is -2.12. The van der Waals surface area contributed by atoms with Crippen molar-refractivity contribution in [2.45, 2.75) is 20.4 Å². The third kappa shape index (κ3) is 3.05. The average Bonchev–Trinajstić information content (AvgIpc) is 2.90. The number of tetrazole rings is 1. The smallest absolute Gasteiger partial charge is 0.182 e. The number of aromatic nitrogens is 4. The van der Waals surface area contributed by atoms with Gasteiger partial charge in [0.05, 0.1) is 19.8 Å². The Morgan fingerprint density at radius 1 is 1.15 bits per heavy atom. The molecule has 1 aromatic heterocycles. The molecule has 0 radical (unpaired) electrons. The predicted octanol–water partition coefficient (Wildman–Crippen LogP) is 1.10. The van der Waals surface area contributed by atoms with Crippen molar-refractivity contribution in [3.8, 4) is 22.9 Å². The maximum absolute atomic E-state index is 5.60. The molecule has 0 aliphatic carbocycles. The molecule has 0 amide bonds. The van der Waals surface area contributed by atoms with Crippen molar-refractivity contribution in [1.29, 1.82) is 0 Å². The van der Waals surface area contributed by atoms with Gasteiger partial charge in [0.25, 0.3) is 0 Å². The molecular formula is C13H19N5O2. The van der Waals surface area contributed by atoms with Gasteiger partial charge in [-0.3, -0.25) is 0 Å². The number of ether oxygens (including phenoxy) is 2. The van der Waals surface area contributed by atoms with Gasteiger partial charge in [-0.15, -0.1) is 5.10 Å². The van der Waals surface area contributed by atoms with Crippen LogP contribution in [0.25, 0.3) is 11.4 Å². The Labute approximate surface area is 117 Å². The van der Waals surface area contributed by atoms with Crippen LogP contribution in [-0.2, 0) is 6.54 Å². The minimum atomic E-state index is 0.480. The Balaban J connectivity index is 2.36. The topological polar surface area (TPSA) is 88.1 Å². The van der Waals surface area contributed by atoms with Crippen molar-refractivity contribution in [3.05, 3.63) is 18.2 Å². The zero-order chi connectivity index (χ0) is 14.4. The average molecular weight is 277 g/mol. The second kappa shape index (κ2) is 6.85. The van der Waals surface area contributed by atoms with Crippen LogP contribution in [0.4, 0.5) is 0 Å². The Morgan fingerprint density at radius 3 is 2.60 bits per heavy atom. The van der Waals surface area contributed by atoms with Gasteiger partial charge in [-0.05, 0) is 42.5 Å². The van der Waals surface area contributed by atoms with Crippen LogP contribution in [0.15, 0.2) is 18.2 Å². The summed E-state index contributed by atoms with van der Waals surface area (Å²) in [6.45, 7) is 6.07. The molecule has 2 rings (SSSR count). The van der Waals surface area contributed by atoms with Gasteiger partial charge in [0.2, 0.25) is 0 Å². The second-order valence-electron chi connectivity index (χ2n) is 4.04. The third-order valence-corrected chi connectivity index (χ3v) is 2.67. The molecule has 0 aliphatic heterocycles. The summed E-state index contributed by atoms with van der Waals surface area (Å²) in [7, 11) is 0. The Hall–Kier alpha value is -2.15. The molecule has 20 heavy (non-hydrogen) atoms. The summed E-state index contributed by atoms with van der Waals surface area (Å²) in [5, 5.41) is 11.6. The highest BCUT2D eigenvalue weighted by molar-refractivity contribution is 5.60. The first kappa shape index (κ1) is 14.3. The number of nitrogens with two attached hydrogens (primary N) is 1. The van der Waals surface area contributed by atoms with Gasteiger partial charge < -0.3 is 15.2 Å². The Morgan fingerprint density at radius 2 is 1.90 bits per heavy atom. The van der Waals surface area contributed by atoms with E-state index in [2.05, 4.69) is 15.5 Å². The van der Waals surface area contributed by atoms with E-state index in [1.807, 2.05) is 32.0 Å². The molecule has 2 aromatic rings. The highest BCUT2D eigenvalue weighted by Crippen LogP contribution is 2.31. The maximum Gasteiger partial charge on any atom is 0.182 e. The van der Waals surface area contributed by atoms with E-state index < -0.39 is 0 Å². The summed E-state index contributed by atoms with van der Waals surface area (Å²) >= 11 is 0. The monoisotopic (exact) mass is 277 g/mol. The number of hydrogen-bond donors (Lipinski definition) is 1. The van der Waals surface area contributed by atoms with E-state index in [4.69, 9.17) is 15.2 Å². The molecule has 0 atom stereocenters. The second-order valence-corrected chi connectivity index (χ2v) is 4.04. The maximum atomic E-state index is 5.60. The molecule has 7 heteroatoms. The van der Waals surface area contributed by atoms with E-state index in [9.17, 15) is 0 Å². The molecule has 7 nitrogen and oxygen atoms in total. The van der Waals surface area contributed by atoms with Crippen LogP contribution in [0.1, 0.15) is 13.8 Å². The predicted molar refractivity (Wildman–Crippen MR) is 74.6 cm³/mol. The van der Waals surface area contributed by atoms with Crippen LogP contribution in [0, 0.1) is 0 Å². The van der Waals surface area contributed by atoms with Gasteiger partial charge in [-0.1, -0.05) is 0 Å². The van der Waals surface area contributed by atoms with Crippen molar-refractivity contribution in [2.75, 3.05) is 19.8 Å². The minimum Gasteiger partial charge on any atom is -0.490 e. The van der Waals surface area contributed by atoms with Crippen molar-refractivity contribution < 1.29 is 9.47 Å². The summed E-state index contributed by atoms with van der Waals surface area (Å²) < 4.78 is 12.8. The molecular weight excluding hydrogens is 258 g/mol. The van der Waals surface area contributed by atoms with Crippen molar-refractivity contribution in [2.24, 2.45) is 5.73 Å². The first-order valence-electron chi connectivity index (χ1n) is 6.66. The van der Waals surface area contributed by atoms with Crippen LogP contribution in [-0.4, -0.2) is 40.0 Å². The largest absolute Gasteiger partial charge is 0.490 e. The summed E-state index contributed by atoms with van der Waals surface area (Å²) in [6, 6.07) is 5.66. The SMILES string of the molecule is CCOc1ccc(-c2nnnn2CCN)cc1OCC. The fourth-order valence-electron chi connectivity index (χ4n) is 1.87. The number of benzene rings is 1. The van der Waals surface area contributed by atoms with Crippen LogP contribution in [0.2, 0.25) is 0 Å². The minimum absolute atomic E-state index is 0.480. The lowest BCUT2D eigenvalue weighted by Gasteiger charge is -2.12. The van der Waals surface area contributed by atoms with Crippen molar-refractivity contribution in [1.82, 2.24) is 20.2 Å². The lowest BCUT2D eigenvalue weighted by molar-refractivity contribution is 0.288. The van der Waals surface area contributed by atoms with Crippen LogP contribution >= 0.6 is 0 Å². The van der Waals surface area contributed by atoms with E-state index in [0.29, 0.717) is 37.9 Å². The molecule has 0 bridgehead atoms. The standard InChI is InChI=1S/C13H19N5O2/c1-3-19-11-6-5-10(9-12(11)20-4-2)13-15-16-17-18(13)8-7-14/h5-6,9H,3-4,7-8,14H2,1-2H3. The zero-order valence-electron chi connectivity index (χ0n) is 11.7. The van der Waals surface area contributed by atoms with E-state index in [-0.39, 0.29) is 0 Å². The lowest BCUT2D eigenvalue weighted by atomic mass is 10.2. The first-order chi connectivity index (χ1) is 9.80. The van der Waals surface area contributed by atoms with Crippen LogP contribution < -0.4 is 15.2 Å². The fraction of sp³-hybridized carbons (Fsp3) is 0.462. The van der Waals surface area contributed by atoms with Crippen LogP contribution in [0.3, 0.4) is 0 Å². The molecule has 0 spiro atoms. The van der Waals surface area contributed by atoms with Crippen LogP contribution in [0.5, 0.6) is 11.5 Å². The van der Waals surface area contributed by atoms with Gasteiger partial charge in [0, 0.05) is 12.1 Å². The molecule has 108 valence electrons. The van der Waals surface area contributed by atoms with Gasteiger partial charge in [-0.25, -0.2) is 4.68 Å². The number of hydrogen-bond acceptors (Lipinski definition) is 6. The molecule has 2 N–H and O–H groups in total. The molecule has 0 unspecified atom stereocenters. The summed E-state index contributed by atoms with van der Waals surface area (Å²) in [5.41, 5.74) is 6.42. The Kier molecular flexibility index (Phi) is 4.89. The third-order valence-electron chi connectivity index (χ3n) is 2.67. The van der Waals surface area contributed by atoms with E-state index in [0.717, 1.165) is 11.3 Å². The highest BCUT2D eigenvalue weighted by Gasteiger charge is 2.12. The van der Waals surface area contributed by atoms with Gasteiger partial charge >= 0.3 is 0 Å². The Bertz CT molecular complexity index is 555. The molecule has 0 saturated heterocycles. The van der Waals surface area contributed by atoms with Gasteiger partial charge in [-0.2, -0.15) is 0 Å². The molecule has 1 heterocycles. The summed E-state index contributed by atoms with van der Waals surface area (Å²) in [4.78, 5) is 0. The molecule has 1 aromatic carbocycles. The van der Waals surface area contributed by atoms with Crippen molar-refractivity contribution in [3.63, 3.8) is 0 Å². The fourth-order valence-corrected chi connectivity index (χ4v) is 1.87. The molecule has 0 aliphatic rings. The van der Waals surface area contributed by atoms with Gasteiger partial charge in [0.1, 0.15) is 0 Å². The molecule has 0 saturated carbocycles. The first-order valence-corrected chi connectivity index (χ1v) is 6.66. The number of nitrogens with zero attached hydrogens (tertiary/aromatic N) is 4. The van der Waals surface area contributed by atoms with Gasteiger partial charge in [0.15, 0.2) is 17.3 Å². The normalized spacial score (nSPS) is 10.6. The summed E-state index contributed by atoms with van der Waals surface area (Å²) in [6.07, 6.45) is 0. The molecule has 0 fully saturated rings. The number of rotatable bonds is 7. The quantitative estimate of drug-likeness (QED) is 0.815. The van der Waals surface area contributed by atoms with E-state index in [1.165, 1.54) is 0 Å². The zero-order valence-corrected chi connectivity index (χ0v) is 11.7.